The van der Waals surface area contributed by atoms with Crippen LogP contribution in [0, 0.1) is 5.92 Å². The maximum atomic E-state index is 5.60. The number of aromatic nitrogens is 3. The topological polar surface area (TPSA) is 52.0 Å². The first-order valence-electron chi connectivity index (χ1n) is 7.44. The van der Waals surface area contributed by atoms with Gasteiger partial charge in [0, 0.05) is 25.4 Å². The van der Waals surface area contributed by atoms with Gasteiger partial charge in [0.05, 0.1) is 18.8 Å². The molecule has 1 aliphatic carbocycles. The van der Waals surface area contributed by atoms with Crippen molar-refractivity contribution < 1.29 is 4.74 Å². The Balaban J connectivity index is 1.52. The lowest BCUT2D eigenvalue weighted by Crippen LogP contribution is -2.15. The van der Waals surface area contributed by atoms with E-state index in [2.05, 4.69) is 29.5 Å². The van der Waals surface area contributed by atoms with Crippen LogP contribution in [0.3, 0.4) is 0 Å². The van der Waals surface area contributed by atoms with E-state index in [4.69, 9.17) is 4.74 Å². The summed E-state index contributed by atoms with van der Waals surface area (Å²) in [5.41, 5.74) is 1.02. The van der Waals surface area contributed by atoms with E-state index in [0.717, 1.165) is 50.4 Å². The third kappa shape index (κ3) is 6.16. The van der Waals surface area contributed by atoms with Crippen molar-refractivity contribution in [3.05, 3.63) is 11.9 Å². The van der Waals surface area contributed by atoms with Gasteiger partial charge in [-0.05, 0) is 31.6 Å². The summed E-state index contributed by atoms with van der Waals surface area (Å²) < 4.78 is 7.47. The van der Waals surface area contributed by atoms with E-state index in [-0.39, 0.29) is 0 Å². The molecule has 0 amide bonds. The minimum atomic E-state index is 0.717. The molecule has 5 heteroatoms. The molecule has 1 aliphatic rings. The highest BCUT2D eigenvalue weighted by molar-refractivity contribution is 4.94. The molecule has 0 saturated heterocycles. The maximum Gasteiger partial charge on any atom is 0.0964 e. The molecule has 0 unspecified atom stereocenters. The Morgan fingerprint density at radius 3 is 3.00 bits per heavy atom. The summed E-state index contributed by atoms with van der Waals surface area (Å²) in [5.74, 6) is 0.764. The summed E-state index contributed by atoms with van der Waals surface area (Å²) in [7, 11) is 0. The van der Waals surface area contributed by atoms with E-state index in [0.29, 0.717) is 0 Å². The van der Waals surface area contributed by atoms with Crippen LogP contribution in [0.1, 0.15) is 45.2 Å². The molecular formula is C14H26N4O. The fourth-order valence-electron chi connectivity index (χ4n) is 1.92. The van der Waals surface area contributed by atoms with Gasteiger partial charge in [-0.15, -0.1) is 5.10 Å². The lowest BCUT2D eigenvalue weighted by Gasteiger charge is -2.05. The number of ether oxygens (including phenoxy) is 1. The first-order chi connectivity index (χ1) is 9.24. The zero-order chi connectivity index (χ0) is 13.5. The van der Waals surface area contributed by atoms with Gasteiger partial charge in [-0.25, -0.2) is 4.68 Å². The molecule has 1 fully saturated rings. The quantitative estimate of drug-likeness (QED) is 0.658. The van der Waals surface area contributed by atoms with Crippen molar-refractivity contribution >= 4 is 0 Å². The number of hydrogen-bond acceptors (Lipinski definition) is 4. The predicted octanol–water partition coefficient (Wildman–Crippen LogP) is 1.98. The van der Waals surface area contributed by atoms with Crippen molar-refractivity contribution in [2.24, 2.45) is 5.92 Å². The van der Waals surface area contributed by atoms with Gasteiger partial charge in [0.25, 0.3) is 0 Å². The lowest BCUT2D eigenvalue weighted by molar-refractivity contribution is 0.117. The van der Waals surface area contributed by atoms with Gasteiger partial charge in [-0.1, -0.05) is 19.1 Å². The molecule has 0 radical (unpaired) electrons. The summed E-state index contributed by atoms with van der Waals surface area (Å²) >= 11 is 0. The zero-order valence-corrected chi connectivity index (χ0v) is 12.1. The summed E-state index contributed by atoms with van der Waals surface area (Å²) in [6, 6.07) is 0.717. The van der Waals surface area contributed by atoms with Gasteiger partial charge in [-0.3, -0.25) is 0 Å². The number of hydrogen-bond donors (Lipinski definition) is 1. The first-order valence-corrected chi connectivity index (χ1v) is 7.44. The second-order valence-corrected chi connectivity index (χ2v) is 5.78. The number of rotatable bonds is 10. The highest BCUT2D eigenvalue weighted by Crippen LogP contribution is 2.18. The smallest absolute Gasteiger partial charge is 0.0964 e. The van der Waals surface area contributed by atoms with E-state index in [1.165, 1.54) is 19.3 Å². The van der Waals surface area contributed by atoms with Crippen molar-refractivity contribution in [3.8, 4) is 0 Å². The minimum absolute atomic E-state index is 0.717. The number of nitrogens with one attached hydrogen (secondary N) is 1. The second-order valence-electron chi connectivity index (χ2n) is 5.78. The summed E-state index contributed by atoms with van der Waals surface area (Å²) in [6.45, 7) is 7.68. The average molecular weight is 266 g/mol. The Labute approximate surface area is 115 Å². The van der Waals surface area contributed by atoms with Gasteiger partial charge in [-0.2, -0.15) is 0 Å². The van der Waals surface area contributed by atoms with Gasteiger partial charge in [0.15, 0.2) is 0 Å². The molecule has 0 spiro atoms. The van der Waals surface area contributed by atoms with Gasteiger partial charge in [0.1, 0.15) is 0 Å². The van der Waals surface area contributed by atoms with Crippen LogP contribution in [0.15, 0.2) is 6.20 Å². The second kappa shape index (κ2) is 7.60. The highest BCUT2D eigenvalue weighted by Gasteiger charge is 2.20. The summed E-state index contributed by atoms with van der Waals surface area (Å²) in [6.07, 6.45) is 7.00. The Hall–Kier alpha value is -0.940. The minimum Gasteiger partial charge on any atom is -0.380 e. The van der Waals surface area contributed by atoms with Crippen LogP contribution in [0.5, 0.6) is 0 Å². The van der Waals surface area contributed by atoms with Crippen molar-refractivity contribution in [2.45, 2.75) is 58.7 Å². The van der Waals surface area contributed by atoms with Crippen LogP contribution in [0.2, 0.25) is 0 Å². The maximum absolute atomic E-state index is 5.60. The Morgan fingerprint density at radius 1 is 1.42 bits per heavy atom. The molecule has 0 aliphatic heterocycles. The van der Waals surface area contributed by atoms with Crippen molar-refractivity contribution in [3.63, 3.8) is 0 Å². The van der Waals surface area contributed by atoms with E-state index < -0.39 is 0 Å². The summed E-state index contributed by atoms with van der Waals surface area (Å²) in [5, 5.41) is 11.7. The molecule has 2 rings (SSSR count). The van der Waals surface area contributed by atoms with Crippen LogP contribution in [-0.2, 0) is 17.8 Å². The monoisotopic (exact) mass is 266 g/mol. The molecule has 108 valence electrons. The Bertz CT molecular complexity index is 360. The van der Waals surface area contributed by atoms with Gasteiger partial charge < -0.3 is 10.1 Å². The van der Waals surface area contributed by atoms with Crippen LogP contribution in [-0.4, -0.2) is 34.2 Å². The molecule has 0 bridgehead atoms. The molecule has 1 heterocycles. The SMILES string of the molecule is CC(C)CCCOCCn1cc(CNC2CC2)nn1. The van der Waals surface area contributed by atoms with Crippen LogP contribution in [0.25, 0.3) is 0 Å². The van der Waals surface area contributed by atoms with Crippen molar-refractivity contribution in [1.82, 2.24) is 20.3 Å². The first kappa shape index (κ1) is 14.5. The van der Waals surface area contributed by atoms with E-state index >= 15 is 0 Å². The van der Waals surface area contributed by atoms with E-state index in [9.17, 15) is 0 Å². The average Bonchev–Trinajstić information content (AvgIpc) is 3.10. The number of nitrogens with zero attached hydrogens (tertiary/aromatic N) is 3. The lowest BCUT2D eigenvalue weighted by atomic mass is 10.1. The molecule has 1 aromatic rings. The van der Waals surface area contributed by atoms with Crippen molar-refractivity contribution in [1.29, 1.82) is 0 Å². The normalized spacial score (nSPS) is 15.3. The zero-order valence-electron chi connectivity index (χ0n) is 12.1. The highest BCUT2D eigenvalue weighted by atomic mass is 16.5. The molecule has 0 atom stereocenters. The summed E-state index contributed by atoms with van der Waals surface area (Å²) in [4.78, 5) is 0. The fourth-order valence-corrected chi connectivity index (χ4v) is 1.92. The third-order valence-electron chi connectivity index (χ3n) is 3.27. The molecule has 0 aromatic carbocycles. The molecule has 1 N–H and O–H groups in total. The largest absolute Gasteiger partial charge is 0.380 e. The third-order valence-corrected chi connectivity index (χ3v) is 3.27. The van der Waals surface area contributed by atoms with Crippen LogP contribution >= 0.6 is 0 Å². The standard InChI is InChI=1S/C14H26N4O/c1-12(2)4-3-8-19-9-7-18-11-14(16-17-18)10-15-13-5-6-13/h11-13,15H,3-10H2,1-2H3. The van der Waals surface area contributed by atoms with Gasteiger partial charge >= 0.3 is 0 Å². The molecule has 19 heavy (non-hydrogen) atoms. The molecular weight excluding hydrogens is 240 g/mol. The van der Waals surface area contributed by atoms with Crippen molar-refractivity contribution in [2.75, 3.05) is 13.2 Å². The Kier molecular flexibility index (Phi) is 5.79. The van der Waals surface area contributed by atoms with E-state index in [1.54, 1.807) is 0 Å². The van der Waals surface area contributed by atoms with Gasteiger partial charge in [0.2, 0.25) is 0 Å². The van der Waals surface area contributed by atoms with Crippen LogP contribution < -0.4 is 5.32 Å². The molecule has 1 saturated carbocycles. The fraction of sp³-hybridized carbons (Fsp3) is 0.857. The molecule has 1 aromatic heterocycles. The predicted molar refractivity (Wildman–Crippen MR) is 74.8 cm³/mol. The van der Waals surface area contributed by atoms with E-state index in [1.807, 2.05) is 10.9 Å². The van der Waals surface area contributed by atoms with Crippen LogP contribution in [0.4, 0.5) is 0 Å². The molecule has 5 nitrogen and oxygen atoms in total. The Morgan fingerprint density at radius 2 is 2.26 bits per heavy atom.